The Labute approximate surface area is 101 Å². The first-order valence-electron chi connectivity index (χ1n) is 4.74. The van der Waals surface area contributed by atoms with Gasteiger partial charge in [-0.3, -0.25) is 0 Å². The van der Waals surface area contributed by atoms with Crippen molar-refractivity contribution in [2.75, 3.05) is 0 Å². The van der Waals surface area contributed by atoms with E-state index in [4.69, 9.17) is 0 Å². The molecule has 1 nitrogen and oxygen atoms in total. The van der Waals surface area contributed by atoms with Crippen LogP contribution in [0.1, 0.15) is 23.5 Å². The molecule has 2 rings (SSSR count). The molecule has 2 atom stereocenters. The summed E-state index contributed by atoms with van der Waals surface area (Å²) in [7, 11) is 0. The fourth-order valence-corrected chi connectivity index (χ4v) is 3.36. The fourth-order valence-electron chi connectivity index (χ4n) is 2.08. The Bertz CT molecular complexity index is 325. The first kappa shape index (κ1) is 10.7. The molecule has 0 amide bonds. The van der Waals surface area contributed by atoms with Crippen molar-refractivity contribution >= 4 is 31.9 Å². The molecule has 0 spiro atoms. The van der Waals surface area contributed by atoms with Gasteiger partial charge in [-0.05, 0) is 24.0 Å². The average Bonchev–Trinajstić information content (AvgIpc) is 2.17. The van der Waals surface area contributed by atoms with Crippen molar-refractivity contribution in [1.29, 1.82) is 0 Å². The lowest BCUT2D eigenvalue weighted by atomic mass is 9.82. The number of benzene rings is 1. The third-order valence-electron chi connectivity index (χ3n) is 2.81. The normalized spacial score (nSPS) is 26.3. The van der Waals surface area contributed by atoms with E-state index < -0.39 is 0 Å². The van der Waals surface area contributed by atoms with Crippen molar-refractivity contribution in [1.82, 2.24) is 0 Å². The van der Waals surface area contributed by atoms with Gasteiger partial charge in [0.05, 0.1) is 9.84 Å². The Morgan fingerprint density at radius 1 is 1.29 bits per heavy atom. The van der Waals surface area contributed by atoms with E-state index in [0.29, 0.717) is 0 Å². The van der Waals surface area contributed by atoms with E-state index in [2.05, 4.69) is 50.1 Å². The molecule has 0 radical (unpaired) electrons. The molecule has 0 saturated carbocycles. The van der Waals surface area contributed by atoms with Gasteiger partial charge in [0.25, 0.3) is 0 Å². The third kappa shape index (κ3) is 1.90. The smallest absolute Gasteiger partial charge is 0.0791 e. The number of aryl methyl sites for hydroxylation is 1. The molecular formula is C11H12Br2O. The standard InChI is InChI=1S/C11H12Br2O/c12-11(13)10-8-4-2-1-3-7(8)5-6-9(10)14/h1-4,9-11,14H,5-6H2/t9-,10-/m0/s1. The topological polar surface area (TPSA) is 20.2 Å². The number of hydrogen-bond donors (Lipinski definition) is 1. The number of alkyl halides is 2. The van der Waals surface area contributed by atoms with E-state index in [1.165, 1.54) is 11.1 Å². The van der Waals surface area contributed by atoms with E-state index in [-0.39, 0.29) is 15.8 Å². The summed E-state index contributed by atoms with van der Waals surface area (Å²) in [6.45, 7) is 0. The lowest BCUT2D eigenvalue weighted by molar-refractivity contribution is 0.132. The van der Waals surface area contributed by atoms with E-state index in [0.717, 1.165) is 12.8 Å². The second-order valence-electron chi connectivity index (χ2n) is 3.67. The van der Waals surface area contributed by atoms with Crippen LogP contribution in [0.15, 0.2) is 24.3 Å². The molecule has 0 saturated heterocycles. The first-order chi connectivity index (χ1) is 6.70. The number of aliphatic hydroxyl groups is 1. The molecule has 14 heavy (non-hydrogen) atoms. The van der Waals surface area contributed by atoms with E-state index >= 15 is 0 Å². The van der Waals surface area contributed by atoms with Crippen LogP contribution in [0.25, 0.3) is 0 Å². The summed E-state index contributed by atoms with van der Waals surface area (Å²) in [5.74, 6) is 0.167. The van der Waals surface area contributed by atoms with Crippen LogP contribution >= 0.6 is 31.9 Å². The number of aliphatic hydroxyl groups excluding tert-OH is 1. The van der Waals surface area contributed by atoms with Crippen molar-refractivity contribution in [3.8, 4) is 0 Å². The van der Waals surface area contributed by atoms with Crippen LogP contribution in [0, 0.1) is 0 Å². The number of rotatable bonds is 1. The molecule has 0 fully saturated rings. The highest BCUT2D eigenvalue weighted by atomic mass is 79.9. The molecule has 1 aromatic carbocycles. The zero-order valence-electron chi connectivity index (χ0n) is 7.66. The third-order valence-corrected chi connectivity index (χ3v) is 3.95. The van der Waals surface area contributed by atoms with Gasteiger partial charge in [0.15, 0.2) is 0 Å². The maximum Gasteiger partial charge on any atom is 0.0791 e. The lowest BCUT2D eigenvalue weighted by Gasteiger charge is -2.31. The second-order valence-corrected chi connectivity index (χ2v) is 6.87. The van der Waals surface area contributed by atoms with Gasteiger partial charge in [0.2, 0.25) is 0 Å². The number of fused-ring (bicyclic) bond motifs is 1. The van der Waals surface area contributed by atoms with Gasteiger partial charge in [0.1, 0.15) is 0 Å². The number of hydrogen-bond acceptors (Lipinski definition) is 1. The zero-order chi connectivity index (χ0) is 10.1. The van der Waals surface area contributed by atoms with Gasteiger partial charge >= 0.3 is 0 Å². The Kier molecular flexibility index (Phi) is 3.30. The summed E-state index contributed by atoms with van der Waals surface area (Å²) >= 11 is 7.01. The molecule has 1 aliphatic rings. The van der Waals surface area contributed by atoms with E-state index in [1.807, 2.05) is 6.07 Å². The van der Waals surface area contributed by atoms with Crippen molar-refractivity contribution in [2.24, 2.45) is 0 Å². The molecule has 76 valence electrons. The van der Waals surface area contributed by atoms with Crippen LogP contribution in [0.3, 0.4) is 0 Å². The van der Waals surface area contributed by atoms with Gasteiger partial charge in [-0.15, -0.1) is 0 Å². The van der Waals surface area contributed by atoms with E-state index in [9.17, 15) is 5.11 Å². The summed E-state index contributed by atoms with van der Waals surface area (Å²) in [6.07, 6.45) is 1.60. The molecule has 1 aliphatic carbocycles. The quantitative estimate of drug-likeness (QED) is 0.788. The summed E-state index contributed by atoms with van der Waals surface area (Å²) in [6, 6.07) is 8.35. The first-order valence-corrected chi connectivity index (χ1v) is 6.57. The summed E-state index contributed by atoms with van der Waals surface area (Å²) < 4.78 is 0.145. The van der Waals surface area contributed by atoms with Crippen LogP contribution in [-0.4, -0.2) is 14.9 Å². The molecule has 0 bridgehead atoms. The molecule has 0 unspecified atom stereocenters. The van der Waals surface area contributed by atoms with Crippen molar-refractivity contribution in [3.05, 3.63) is 35.4 Å². The maximum absolute atomic E-state index is 9.93. The van der Waals surface area contributed by atoms with Crippen LogP contribution < -0.4 is 0 Å². The highest BCUT2D eigenvalue weighted by Gasteiger charge is 2.31. The minimum atomic E-state index is -0.242. The predicted octanol–water partition coefficient (Wildman–Crippen LogP) is 3.19. The second kappa shape index (κ2) is 4.33. The van der Waals surface area contributed by atoms with Crippen molar-refractivity contribution < 1.29 is 5.11 Å². The van der Waals surface area contributed by atoms with Crippen LogP contribution in [0.5, 0.6) is 0 Å². The SMILES string of the molecule is O[C@H]1CCc2ccccc2[C@@H]1C(Br)Br. The van der Waals surface area contributed by atoms with Gasteiger partial charge in [-0.25, -0.2) is 0 Å². The Balaban J connectivity index is 2.41. The van der Waals surface area contributed by atoms with Gasteiger partial charge in [-0.1, -0.05) is 56.1 Å². The monoisotopic (exact) mass is 318 g/mol. The minimum absolute atomic E-state index is 0.145. The van der Waals surface area contributed by atoms with Gasteiger partial charge < -0.3 is 5.11 Å². The Hall–Kier alpha value is 0.140. The Morgan fingerprint density at radius 2 is 2.00 bits per heavy atom. The van der Waals surface area contributed by atoms with Crippen LogP contribution in [0.4, 0.5) is 0 Å². The minimum Gasteiger partial charge on any atom is -0.392 e. The summed E-state index contributed by atoms with van der Waals surface area (Å²) in [5.41, 5.74) is 2.64. The molecule has 0 heterocycles. The average molecular weight is 320 g/mol. The fraction of sp³-hybridized carbons (Fsp3) is 0.455. The summed E-state index contributed by atoms with van der Waals surface area (Å²) in [5, 5.41) is 9.93. The molecule has 0 aromatic heterocycles. The largest absolute Gasteiger partial charge is 0.392 e. The Morgan fingerprint density at radius 3 is 2.71 bits per heavy atom. The number of halogens is 2. The van der Waals surface area contributed by atoms with E-state index in [1.54, 1.807) is 0 Å². The lowest BCUT2D eigenvalue weighted by Crippen LogP contribution is -2.28. The maximum atomic E-state index is 9.93. The molecule has 1 N–H and O–H groups in total. The van der Waals surface area contributed by atoms with Crippen molar-refractivity contribution in [3.63, 3.8) is 0 Å². The summed E-state index contributed by atoms with van der Waals surface area (Å²) in [4.78, 5) is 0. The van der Waals surface area contributed by atoms with Crippen LogP contribution in [-0.2, 0) is 6.42 Å². The van der Waals surface area contributed by atoms with Gasteiger partial charge in [0, 0.05) is 5.92 Å². The highest BCUT2D eigenvalue weighted by molar-refractivity contribution is 9.24. The molecule has 1 aromatic rings. The zero-order valence-corrected chi connectivity index (χ0v) is 10.8. The van der Waals surface area contributed by atoms with Gasteiger partial charge in [-0.2, -0.15) is 0 Å². The molecule has 3 heteroatoms. The molecule has 0 aliphatic heterocycles. The predicted molar refractivity (Wildman–Crippen MR) is 65.2 cm³/mol. The highest BCUT2D eigenvalue weighted by Crippen LogP contribution is 2.39. The van der Waals surface area contributed by atoms with Crippen molar-refractivity contribution in [2.45, 2.75) is 28.6 Å². The molecular weight excluding hydrogens is 308 g/mol. The van der Waals surface area contributed by atoms with Crippen LogP contribution in [0.2, 0.25) is 0 Å².